The maximum atomic E-state index is 13.7. The normalized spacial score (nSPS) is 12.2. The van der Waals surface area contributed by atoms with Crippen molar-refractivity contribution in [2.75, 3.05) is 0 Å². The lowest BCUT2D eigenvalue weighted by atomic mass is 9.92. The van der Waals surface area contributed by atoms with E-state index < -0.39 is 17.6 Å². The third kappa shape index (κ3) is 2.78. The van der Waals surface area contributed by atoms with Crippen molar-refractivity contribution in [1.82, 2.24) is 0 Å². The molecule has 1 unspecified atom stereocenters. The molecule has 0 aliphatic rings. The van der Waals surface area contributed by atoms with Gasteiger partial charge in [-0.1, -0.05) is 25.1 Å². The van der Waals surface area contributed by atoms with Crippen LogP contribution in [0.2, 0.25) is 0 Å². The summed E-state index contributed by atoms with van der Waals surface area (Å²) in [6, 6.07) is 9.66. The van der Waals surface area contributed by atoms with Crippen molar-refractivity contribution in [3.05, 3.63) is 70.8 Å². The summed E-state index contributed by atoms with van der Waals surface area (Å²) in [6.07, 6.45) is 0. The summed E-state index contributed by atoms with van der Waals surface area (Å²) in [4.78, 5) is 10.7. The van der Waals surface area contributed by atoms with Crippen LogP contribution < -0.4 is 0 Å². The number of benzene rings is 2. The van der Waals surface area contributed by atoms with Crippen molar-refractivity contribution in [2.45, 2.75) is 12.8 Å². The fourth-order valence-electron chi connectivity index (χ4n) is 1.95. The van der Waals surface area contributed by atoms with Crippen LogP contribution in [-0.2, 0) is 0 Å². The van der Waals surface area contributed by atoms with E-state index in [0.29, 0.717) is 5.56 Å². The molecule has 0 radical (unpaired) electrons. The van der Waals surface area contributed by atoms with Crippen molar-refractivity contribution in [1.29, 1.82) is 0 Å². The Morgan fingerprint density at radius 3 is 2.26 bits per heavy atom. The summed E-state index contributed by atoms with van der Waals surface area (Å²) in [5.41, 5.74) is 1.33. The number of aromatic carboxylic acids is 1. The summed E-state index contributed by atoms with van der Waals surface area (Å²) < 4.78 is 26.5. The number of hydrogen-bond donors (Lipinski definition) is 1. The molecule has 98 valence electrons. The summed E-state index contributed by atoms with van der Waals surface area (Å²) in [5, 5.41) is 8.80. The lowest BCUT2D eigenvalue weighted by molar-refractivity contribution is 0.0697. The van der Waals surface area contributed by atoms with Gasteiger partial charge in [-0.15, -0.1) is 0 Å². The average Bonchev–Trinajstić information content (AvgIpc) is 2.38. The number of carbonyl (C=O) groups is 1. The third-order valence-corrected chi connectivity index (χ3v) is 3.09. The maximum absolute atomic E-state index is 13.7. The molecule has 0 bridgehead atoms. The van der Waals surface area contributed by atoms with Gasteiger partial charge in [-0.05, 0) is 29.3 Å². The highest BCUT2D eigenvalue weighted by Gasteiger charge is 2.14. The van der Waals surface area contributed by atoms with Crippen molar-refractivity contribution in [3.63, 3.8) is 0 Å². The molecule has 0 aliphatic heterocycles. The fourth-order valence-corrected chi connectivity index (χ4v) is 1.95. The third-order valence-electron chi connectivity index (χ3n) is 3.09. The van der Waals surface area contributed by atoms with Crippen LogP contribution in [0.4, 0.5) is 8.78 Å². The SMILES string of the molecule is CC(c1ccc(C(=O)O)cc1)c1ccc(F)cc1F. The Kier molecular flexibility index (Phi) is 3.60. The van der Waals surface area contributed by atoms with Crippen LogP contribution in [0, 0.1) is 11.6 Å². The fraction of sp³-hybridized carbons (Fsp3) is 0.133. The molecule has 0 fully saturated rings. The molecule has 2 aromatic carbocycles. The average molecular weight is 262 g/mol. The second-order valence-electron chi connectivity index (χ2n) is 4.31. The zero-order valence-electron chi connectivity index (χ0n) is 10.2. The first kappa shape index (κ1) is 13.2. The Bertz CT molecular complexity index is 606. The largest absolute Gasteiger partial charge is 0.478 e. The topological polar surface area (TPSA) is 37.3 Å². The summed E-state index contributed by atoms with van der Waals surface area (Å²) >= 11 is 0. The molecule has 0 aliphatic carbocycles. The van der Waals surface area contributed by atoms with Crippen molar-refractivity contribution in [3.8, 4) is 0 Å². The molecule has 19 heavy (non-hydrogen) atoms. The minimum absolute atomic E-state index is 0.176. The highest BCUT2D eigenvalue weighted by Crippen LogP contribution is 2.26. The monoisotopic (exact) mass is 262 g/mol. The molecule has 1 N–H and O–H groups in total. The molecule has 1 atom stereocenters. The van der Waals surface area contributed by atoms with E-state index in [0.717, 1.165) is 11.6 Å². The van der Waals surface area contributed by atoms with E-state index in [-0.39, 0.29) is 11.5 Å². The number of carboxylic acid groups (broad SMARTS) is 1. The van der Waals surface area contributed by atoms with Gasteiger partial charge in [-0.25, -0.2) is 13.6 Å². The van der Waals surface area contributed by atoms with E-state index in [9.17, 15) is 13.6 Å². The van der Waals surface area contributed by atoms with Crippen LogP contribution in [-0.4, -0.2) is 11.1 Å². The van der Waals surface area contributed by atoms with Crippen molar-refractivity contribution >= 4 is 5.97 Å². The molecule has 0 aromatic heterocycles. The standard InChI is InChI=1S/C15H12F2O2/c1-9(13-7-6-12(16)8-14(13)17)10-2-4-11(5-3-10)15(18)19/h2-9H,1H3,(H,18,19). The zero-order valence-corrected chi connectivity index (χ0v) is 10.2. The summed E-state index contributed by atoms with van der Waals surface area (Å²) in [5.74, 6) is -2.50. The molecular formula is C15H12F2O2. The molecule has 0 saturated heterocycles. The Hall–Kier alpha value is -2.23. The number of rotatable bonds is 3. The lowest BCUT2D eigenvalue weighted by Crippen LogP contribution is -2.01. The first-order chi connectivity index (χ1) is 8.99. The molecule has 0 heterocycles. The molecule has 2 aromatic rings. The van der Waals surface area contributed by atoms with Crippen LogP contribution in [0.15, 0.2) is 42.5 Å². The van der Waals surface area contributed by atoms with Gasteiger partial charge in [0, 0.05) is 12.0 Å². The quantitative estimate of drug-likeness (QED) is 0.913. The van der Waals surface area contributed by atoms with Crippen LogP contribution in [0.5, 0.6) is 0 Å². The van der Waals surface area contributed by atoms with E-state index in [1.54, 1.807) is 19.1 Å². The van der Waals surface area contributed by atoms with Crippen LogP contribution >= 0.6 is 0 Å². The predicted molar refractivity (Wildman–Crippen MR) is 67.3 cm³/mol. The second-order valence-corrected chi connectivity index (χ2v) is 4.31. The highest BCUT2D eigenvalue weighted by molar-refractivity contribution is 5.87. The minimum Gasteiger partial charge on any atom is -0.478 e. The molecule has 2 rings (SSSR count). The molecule has 4 heteroatoms. The number of carboxylic acids is 1. The first-order valence-corrected chi connectivity index (χ1v) is 5.77. The Morgan fingerprint density at radius 2 is 1.74 bits per heavy atom. The van der Waals surface area contributed by atoms with Gasteiger partial charge in [-0.3, -0.25) is 0 Å². The molecule has 2 nitrogen and oxygen atoms in total. The van der Waals surface area contributed by atoms with Crippen LogP contribution in [0.1, 0.15) is 34.3 Å². The van der Waals surface area contributed by atoms with Crippen molar-refractivity contribution in [2.24, 2.45) is 0 Å². The molecule has 0 amide bonds. The van der Waals surface area contributed by atoms with Gasteiger partial charge >= 0.3 is 5.97 Å². The van der Waals surface area contributed by atoms with Crippen molar-refractivity contribution < 1.29 is 18.7 Å². The van der Waals surface area contributed by atoms with Crippen LogP contribution in [0.25, 0.3) is 0 Å². The number of halogens is 2. The van der Waals surface area contributed by atoms with Gasteiger partial charge in [0.15, 0.2) is 0 Å². The summed E-state index contributed by atoms with van der Waals surface area (Å²) in [7, 11) is 0. The second kappa shape index (κ2) is 5.18. The predicted octanol–water partition coefficient (Wildman–Crippen LogP) is 3.81. The van der Waals surface area contributed by atoms with E-state index in [1.807, 2.05) is 0 Å². The van der Waals surface area contributed by atoms with Gasteiger partial charge < -0.3 is 5.11 Å². The van der Waals surface area contributed by atoms with Gasteiger partial charge in [0.25, 0.3) is 0 Å². The molecule has 0 spiro atoms. The van der Waals surface area contributed by atoms with Gasteiger partial charge in [0.1, 0.15) is 11.6 Å². The first-order valence-electron chi connectivity index (χ1n) is 5.77. The number of hydrogen-bond acceptors (Lipinski definition) is 1. The van der Waals surface area contributed by atoms with Gasteiger partial charge in [-0.2, -0.15) is 0 Å². The Morgan fingerprint density at radius 1 is 1.11 bits per heavy atom. The van der Waals surface area contributed by atoms with Gasteiger partial charge in [0.2, 0.25) is 0 Å². The van der Waals surface area contributed by atoms with E-state index in [1.165, 1.54) is 24.3 Å². The Balaban J connectivity index is 2.33. The van der Waals surface area contributed by atoms with E-state index >= 15 is 0 Å². The zero-order chi connectivity index (χ0) is 14.0. The molecule has 0 saturated carbocycles. The van der Waals surface area contributed by atoms with Gasteiger partial charge in [0.05, 0.1) is 5.56 Å². The smallest absolute Gasteiger partial charge is 0.335 e. The highest BCUT2D eigenvalue weighted by atomic mass is 19.1. The lowest BCUT2D eigenvalue weighted by Gasteiger charge is -2.13. The van der Waals surface area contributed by atoms with Crippen LogP contribution in [0.3, 0.4) is 0 Å². The van der Waals surface area contributed by atoms with E-state index in [4.69, 9.17) is 5.11 Å². The molecular weight excluding hydrogens is 250 g/mol. The van der Waals surface area contributed by atoms with E-state index in [2.05, 4.69) is 0 Å². The minimum atomic E-state index is -1.01. The maximum Gasteiger partial charge on any atom is 0.335 e. The Labute approximate surface area is 109 Å². The summed E-state index contributed by atoms with van der Waals surface area (Å²) in [6.45, 7) is 1.78.